The van der Waals surface area contributed by atoms with Gasteiger partial charge in [-0.25, -0.2) is 0 Å². The number of likely N-dealkylation sites (tertiary alicyclic amines) is 1. The van der Waals surface area contributed by atoms with Gasteiger partial charge in [0.25, 0.3) is 0 Å². The standard InChI is InChI=1S/C18H27NO3/c1-3-18(14-20-2)9-6-10-19(13-18)11-15-12-21-16-7-4-5-8-17(16)22-15/h4-5,7-8,15H,3,6,9-14H2,1-2H3. The Morgan fingerprint density at radius 3 is 2.91 bits per heavy atom. The molecule has 1 fully saturated rings. The lowest BCUT2D eigenvalue weighted by Crippen LogP contribution is -2.50. The Kier molecular flexibility index (Phi) is 4.89. The number of ether oxygens (including phenoxy) is 3. The molecule has 22 heavy (non-hydrogen) atoms. The van der Waals surface area contributed by atoms with E-state index in [9.17, 15) is 0 Å². The van der Waals surface area contributed by atoms with Gasteiger partial charge >= 0.3 is 0 Å². The minimum absolute atomic E-state index is 0.116. The topological polar surface area (TPSA) is 30.9 Å². The van der Waals surface area contributed by atoms with Crippen LogP contribution in [0.15, 0.2) is 24.3 Å². The minimum atomic E-state index is 0.116. The molecule has 2 aliphatic heterocycles. The van der Waals surface area contributed by atoms with Crippen molar-refractivity contribution in [3.8, 4) is 11.5 Å². The molecule has 2 heterocycles. The maximum Gasteiger partial charge on any atom is 0.161 e. The number of rotatable bonds is 5. The highest BCUT2D eigenvalue weighted by Crippen LogP contribution is 2.35. The minimum Gasteiger partial charge on any atom is -0.486 e. The van der Waals surface area contributed by atoms with Gasteiger partial charge in [-0.15, -0.1) is 0 Å². The largest absolute Gasteiger partial charge is 0.486 e. The molecule has 0 bridgehead atoms. The van der Waals surface area contributed by atoms with Crippen LogP contribution in [0, 0.1) is 5.41 Å². The lowest BCUT2D eigenvalue weighted by Gasteiger charge is -2.43. The summed E-state index contributed by atoms with van der Waals surface area (Å²) in [5.41, 5.74) is 0.306. The number of methoxy groups -OCH3 is 1. The Labute approximate surface area is 133 Å². The molecule has 0 N–H and O–H groups in total. The van der Waals surface area contributed by atoms with E-state index in [0.29, 0.717) is 12.0 Å². The summed E-state index contributed by atoms with van der Waals surface area (Å²) in [4.78, 5) is 2.52. The number of piperidine rings is 1. The van der Waals surface area contributed by atoms with Gasteiger partial charge in [0.2, 0.25) is 0 Å². The molecule has 2 atom stereocenters. The average molecular weight is 305 g/mol. The summed E-state index contributed by atoms with van der Waals surface area (Å²) in [6, 6.07) is 7.92. The molecular formula is C18H27NO3. The van der Waals surface area contributed by atoms with E-state index in [1.807, 2.05) is 31.4 Å². The first kappa shape index (κ1) is 15.6. The third-order valence-corrected chi connectivity index (χ3v) is 4.97. The van der Waals surface area contributed by atoms with Crippen LogP contribution in [0.4, 0.5) is 0 Å². The van der Waals surface area contributed by atoms with Crippen LogP contribution in [0.3, 0.4) is 0 Å². The first-order valence-electron chi connectivity index (χ1n) is 8.34. The van der Waals surface area contributed by atoms with Crippen molar-refractivity contribution in [2.45, 2.75) is 32.3 Å². The van der Waals surface area contributed by atoms with E-state index >= 15 is 0 Å². The third-order valence-electron chi connectivity index (χ3n) is 4.97. The van der Waals surface area contributed by atoms with Gasteiger partial charge in [-0.05, 0) is 37.9 Å². The summed E-state index contributed by atoms with van der Waals surface area (Å²) >= 11 is 0. The predicted molar refractivity (Wildman–Crippen MR) is 86.6 cm³/mol. The SMILES string of the molecule is CCC1(COC)CCCN(CC2COc3ccccc3O2)C1. The predicted octanol–water partition coefficient (Wildman–Crippen LogP) is 2.97. The van der Waals surface area contributed by atoms with Crippen molar-refractivity contribution in [3.05, 3.63) is 24.3 Å². The van der Waals surface area contributed by atoms with Crippen molar-refractivity contribution < 1.29 is 14.2 Å². The van der Waals surface area contributed by atoms with Crippen molar-refractivity contribution in [1.29, 1.82) is 0 Å². The number of hydrogen-bond acceptors (Lipinski definition) is 4. The molecular weight excluding hydrogens is 278 g/mol. The van der Waals surface area contributed by atoms with Crippen molar-refractivity contribution in [1.82, 2.24) is 4.90 Å². The maximum absolute atomic E-state index is 6.10. The first-order chi connectivity index (χ1) is 10.7. The lowest BCUT2D eigenvalue weighted by molar-refractivity contribution is -0.0131. The Morgan fingerprint density at radius 2 is 2.14 bits per heavy atom. The molecule has 0 saturated carbocycles. The van der Waals surface area contributed by atoms with Crippen molar-refractivity contribution in [2.24, 2.45) is 5.41 Å². The molecule has 0 radical (unpaired) electrons. The molecule has 4 heteroatoms. The highest BCUT2D eigenvalue weighted by molar-refractivity contribution is 5.40. The Bertz CT molecular complexity index is 489. The van der Waals surface area contributed by atoms with Gasteiger partial charge in [0.15, 0.2) is 11.5 Å². The summed E-state index contributed by atoms with van der Waals surface area (Å²) in [5, 5.41) is 0. The molecule has 4 nitrogen and oxygen atoms in total. The molecule has 2 unspecified atom stereocenters. The van der Waals surface area contributed by atoms with Gasteiger partial charge in [0, 0.05) is 25.6 Å². The van der Waals surface area contributed by atoms with Gasteiger partial charge in [-0.3, -0.25) is 4.90 Å². The van der Waals surface area contributed by atoms with Crippen LogP contribution < -0.4 is 9.47 Å². The number of fused-ring (bicyclic) bond motifs is 1. The Morgan fingerprint density at radius 1 is 1.32 bits per heavy atom. The summed E-state index contributed by atoms with van der Waals surface area (Å²) in [5.74, 6) is 1.73. The summed E-state index contributed by atoms with van der Waals surface area (Å²) < 4.78 is 17.4. The van der Waals surface area contributed by atoms with E-state index in [4.69, 9.17) is 14.2 Å². The normalized spacial score (nSPS) is 28.5. The van der Waals surface area contributed by atoms with E-state index in [0.717, 1.165) is 37.7 Å². The molecule has 3 rings (SSSR count). The number of benzene rings is 1. The van der Waals surface area contributed by atoms with Gasteiger partial charge in [0.05, 0.1) is 6.61 Å². The van der Waals surface area contributed by atoms with Crippen LogP contribution in [0.5, 0.6) is 11.5 Å². The summed E-state index contributed by atoms with van der Waals surface area (Å²) in [6.07, 6.45) is 3.78. The molecule has 0 aromatic heterocycles. The third kappa shape index (κ3) is 3.39. The molecule has 1 aromatic rings. The van der Waals surface area contributed by atoms with E-state index < -0.39 is 0 Å². The van der Waals surface area contributed by atoms with Crippen molar-refractivity contribution in [3.63, 3.8) is 0 Å². The van der Waals surface area contributed by atoms with Crippen LogP contribution in [-0.2, 0) is 4.74 Å². The van der Waals surface area contributed by atoms with Crippen LogP contribution in [-0.4, -0.2) is 51.0 Å². The zero-order chi connectivity index (χ0) is 15.4. The summed E-state index contributed by atoms with van der Waals surface area (Å²) in [7, 11) is 1.81. The van der Waals surface area contributed by atoms with Crippen LogP contribution >= 0.6 is 0 Å². The van der Waals surface area contributed by atoms with Gasteiger partial charge in [-0.2, -0.15) is 0 Å². The first-order valence-corrected chi connectivity index (χ1v) is 8.34. The lowest BCUT2D eigenvalue weighted by atomic mass is 9.78. The Balaban J connectivity index is 1.59. The second kappa shape index (κ2) is 6.88. The molecule has 0 amide bonds. The van der Waals surface area contributed by atoms with E-state index in [1.54, 1.807) is 0 Å². The highest BCUT2D eigenvalue weighted by atomic mass is 16.6. The fourth-order valence-electron chi connectivity index (χ4n) is 3.72. The number of para-hydroxylation sites is 2. The maximum atomic E-state index is 6.10. The molecule has 0 aliphatic carbocycles. The van der Waals surface area contributed by atoms with Crippen molar-refractivity contribution in [2.75, 3.05) is 40.0 Å². The number of nitrogens with zero attached hydrogens (tertiary/aromatic N) is 1. The molecule has 122 valence electrons. The fraction of sp³-hybridized carbons (Fsp3) is 0.667. The zero-order valence-corrected chi connectivity index (χ0v) is 13.7. The second-order valence-electron chi connectivity index (χ2n) is 6.62. The van der Waals surface area contributed by atoms with Crippen LogP contribution in [0.2, 0.25) is 0 Å². The number of hydrogen-bond donors (Lipinski definition) is 0. The van der Waals surface area contributed by atoms with Gasteiger partial charge < -0.3 is 14.2 Å². The van der Waals surface area contributed by atoms with E-state index in [2.05, 4.69) is 11.8 Å². The van der Waals surface area contributed by atoms with Gasteiger partial charge in [0.1, 0.15) is 12.7 Å². The van der Waals surface area contributed by atoms with E-state index in [-0.39, 0.29) is 6.10 Å². The Hall–Kier alpha value is -1.26. The second-order valence-corrected chi connectivity index (χ2v) is 6.62. The summed E-state index contributed by atoms with van der Waals surface area (Å²) in [6.45, 7) is 6.94. The van der Waals surface area contributed by atoms with Crippen LogP contribution in [0.1, 0.15) is 26.2 Å². The quantitative estimate of drug-likeness (QED) is 0.837. The molecule has 2 aliphatic rings. The highest BCUT2D eigenvalue weighted by Gasteiger charge is 2.35. The fourth-order valence-corrected chi connectivity index (χ4v) is 3.72. The van der Waals surface area contributed by atoms with Crippen LogP contribution in [0.25, 0.3) is 0 Å². The molecule has 1 aromatic carbocycles. The smallest absolute Gasteiger partial charge is 0.161 e. The zero-order valence-electron chi connectivity index (χ0n) is 13.7. The van der Waals surface area contributed by atoms with Gasteiger partial charge in [-0.1, -0.05) is 19.1 Å². The molecule has 0 spiro atoms. The monoisotopic (exact) mass is 305 g/mol. The van der Waals surface area contributed by atoms with Crippen molar-refractivity contribution >= 4 is 0 Å². The molecule has 1 saturated heterocycles. The van der Waals surface area contributed by atoms with E-state index in [1.165, 1.54) is 19.3 Å². The average Bonchev–Trinajstić information content (AvgIpc) is 2.55.